The summed E-state index contributed by atoms with van der Waals surface area (Å²) in [5, 5.41) is 9.27. The molecule has 0 aliphatic carbocycles. The highest BCUT2D eigenvalue weighted by Gasteiger charge is 2.17. The summed E-state index contributed by atoms with van der Waals surface area (Å²) < 4.78 is 30.4. The third kappa shape index (κ3) is 2.20. The van der Waals surface area contributed by atoms with E-state index in [0.717, 1.165) is 0 Å². The van der Waals surface area contributed by atoms with E-state index in [9.17, 15) is 13.5 Å². The van der Waals surface area contributed by atoms with Crippen molar-refractivity contribution in [3.8, 4) is 5.75 Å². The molecule has 13 heavy (non-hydrogen) atoms. The second-order valence-corrected chi connectivity index (χ2v) is 4.81. The van der Waals surface area contributed by atoms with Gasteiger partial charge in [-0.1, -0.05) is 0 Å². The van der Waals surface area contributed by atoms with Gasteiger partial charge in [-0.05, 0) is 40.5 Å². The van der Waals surface area contributed by atoms with Gasteiger partial charge < -0.3 is 5.11 Å². The van der Waals surface area contributed by atoms with Crippen molar-refractivity contribution in [3.05, 3.63) is 22.2 Å². The monoisotopic (exact) mass is 266 g/mol. The van der Waals surface area contributed by atoms with Gasteiger partial charge in [0.25, 0.3) is 10.1 Å². The number of aryl methyl sites for hydroxylation is 1. The lowest BCUT2D eigenvalue weighted by Crippen LogP contribution is -1.99. The van der Waals surface area contributed by atoms with E-state index in [1.807, 2.05) is 0 Å². The molecule has 0 saturated carbocycles. The third-order valence-electron chi connectivity index (χ3n) is 1.45. The number of rotatable bonds is 1. The Hall–Kier alpha value is -0.590. The fourth-order valence-electron chi connectivity index (χ4n) is 0.899. The van der Waals surface area contributed by atoms with Crippen molar-refractivity contribution in [2.45, 2.75) is 11.8 Å². The maximum Gasteiger partial charge on any atom is 0.298 e. The van der Waals surface area contributed by atoms with E-state index in [4.69, 9.17) is 4.55 Å². The topological polar surface area (TPSA) is 74.6 Å². The van der Waals surface area contributed by atoms with Crippen molar-refractivity contribution in [2.24, 2.45) is 0 Å². The van der Waals surface area contributed by atoms with E-state index in [1.165, 1.54) is 6.07 Å². The smallest absolute Gasteiger partial charge is 0.298 e. The number of benzene rings is 1. The number of halogens is 1. The normalized spacial score (nSPS) is 11.6. The highest BCUT2D eigenvalue weighted by molar-refractivity contribution is 9.10. The molecule has 0 spiro atoms. The second kappa shape index (κ2) is 3.28. The first-order valence-electron chi connectivity index (χ1n) is 3.29. The molecule has 0 saturated heterocycles. The van der Waals surface area contributed by atoms with Gasteiger partial charge >= 0.3 is 0 Å². The lowest BCUT2D eigenvalue weighted by atomic mass is 10.2. The minimum absolute atomic E-state index is 0.236. The van der Waals surface area contributed by atoms with Crippen molar-refractivity contribution in [1.29, 1.82) is 0 Å². The molecule has 0 atom stereocenters. The zero-order valence-corrected chi connectivity index (χ0v) is 9.05. The van der Waals surface area contributed by atoms with E-state index in [-0.39, 0.29) is 4.47 Å². The number of phenols is 1. The Kier molecular flexibility index (Phi) is 2.65. The molecule has 2 N–H and O–H groups in total. The quantitative estimate of drug-likeness (QED) is 0.759. The highest BCUT2D eigenvalue weighted by Crippen LogP contribution is 2.32. The van der Waals surface area contributed by atoms with Gasteiger partial charge in [-0.25, -0.2) is 0 Å². The van der Waals surface area contributed by atoms with Crippen molar-refractivity contribution in [2.75, 3.05) is 0 Å². The summed E-state index contributed by atoms with van der Waals surface area (Å²) in [5.74, 6) is -0.479. The van der Waals surface area contributed by atoms with Gasteiger partial charge in [0, 0.05) is 0 Å². The van der Waals surface area contributed by atoms with Crippen LogP contribution in [-0.4, -0.2) is 18.1 Å². The first kappa shape index (κ1) is 10.5. The fraction of sp³-hybridized carbons (Fsp3) is 0.143. The summed E-state index contributed by atoms with van der Waals surface area (Å²) in [7, 11) is -4.36. The molecule has 4 nitrogen and oxygen atoms in total. The van der Waals surface area contributed by atoms with Gasteiger partial charge in [0.05, 0.1) is 4.47 Å². The van der Waals surface area contributed by atoms with Gasteiger partial charge in [0.1, 0.15) is 4.90 Å². The Balaban J connectivity index is 3.56. The third-order valence-corrected chi connectivity index (χ3v) is 2.92. The summed E-state index contributed by atoms with van der Waals surface area (Å²) in [5.41, 5.74) is 0.623. The van der Waals surface area contributed by atoms with E-state index >= 15 is 0 Å². The molecule has 0 unspecified atom stereocenters. The van der Waals surface area contributed by atoms with Crippen LogP contribution in [0.15, 0.2) is 21.5 Å². The molecule has 1 aromatic rings. The SMILES string of the molecule is Cc1cc(Br)c(O)c(S(=O)(=O)O)c1. The van der Waals surface area contributed by atoms with Crippen molar-refractivity contribution >= 4 is 26.0 Å². The number of aromatic hydroxyl groups is 1. The lowest BCUT2D eigenvalue weighted by Gasteiger charge is -2.04. The summed E-state index contributed by atoms with van der Waals surface area (Å²) in [6.07, 6.45) is 0. The lowest BCUT2D eigenvalue weighted by molar-refractivity contribution is 0.440. The van der Waals surface area contributed by atoms with Crippen LogP contribution in [0.1, 0.15) is 5.56 Å². The Morgan fingerprint density at radius 3 is 2.38 bits per heavy atom. The summed E-state index contributed by atoms with van der Waals surface area (Å²) in [6, 6.07) is 2.74. The largest absolute Gasteiger partial charge is 0.505 e. The fourth-order valence-corrected chi connectivity index (χ4v) is 2.29. The summed E-state index contributed by atoms with van der Waals surface area (Å²) >= 11 is 2.96. The predicted octanol–water partition coefficient (Wildman–Crippen LogP) is 1.71. The molecule has 0 heterocycles. The zero-order chi connectivity index (χ0) is 10.2. The first-order valence-corrected chi connectivity index (χ1v) is 5.52. The maximum atomic E-state index is 10.7. The molecule has 0 radical (unpaired) electrons. The minimum Gasteiger partial charge on any atom is -0.505 e. The van der Waals surface area contributed by atoms with Gasteiger partial charge in [0.2, 0.25) is 0 Å². The molecule has 0 bridgehead atoms. The average molecular weight is 267 g/mol. The Labute approximate surface area is 84.1 Å². The van der Waals surface area contributed by atoms with Crippen LogP contribution in [0.2, 0.25) is 0 Å². The summed E-state index contributed by atoms with van der Waals surface area (Å²) in [6.45, 7) is 1.65. The molecule has 1 rings (SSSR count). The Morgan fingerprint density at radius 1 is 1.38 bits per heavy atom. The number of hydrogen-bond acceptors (Lipinski definition) is 3. The van der Waals surface area contributed by atoms with Crippen molar-refractivity contribution in [3.63, 3.8) is 0 Å². The van der Waals surface area contributed by atoms with Gasteiger partial charge in [0.15, 0.2) is 5.75 Å². The number of hydrogen-bond donors (Lipinski definition) is 2. The maximum absolute atomic E-state index is 10.7. The molecule has 72 valence electrons. The van der Waals surface area contributed by atoms with Crippen LogP contribution in [0.25, 0.3) is 0 Å². The standard InChI is InChI=1S/C7H7BrO4S/c1-4-2-5(8)7(9)6(3-4)13(10,11)12/h2-3,9H,1H3,(H,10,11,12). The van der Waals surface area contributed by atoms with E-state index < -0.39 is 20.8 Å². The van der Waals surface area contributed by atoms with Crippen LogP contribution in [0.3, 0.4) is 0 Å². The molecular weight excluding hydrogens is 260 g/mol. The van der Waals surface area contributed by atoms with Crippen LogP contribution in [0.5, 0.6) is 5.75 Å². The van der Waals surface area contributed by atoms with Crippen LogP contribution < -0.4 is 0 Å². The van der Waals surface area contributed by atoms with Crippen LogP contribution in [0.4, 0.5) is 0 Å². The molecule has 0 aromatic heterocycles. The molecule has 0 aliphatic heterocycles. The van der Waals surface area contributed by atoms with Crippen molar-refractivity contribution in [1.82, 2.24) is 0 Å². The molecule has 0 amide bonds. The van der Waals surface area contributed by atoms with E-state index in [0.29, 0.717) is 5.56 Å². The van der Waals surface area contributed by atoms with Gasteiger partial charge in [-0.3, -0.25) is 4.55 Å². The van der Waals surface area contributed by atoms with Gasteiger partial charge in [-0.15, -0.1) is 0 Å². The highest BCUT2D eigenvalue weighted by atomic mass is 79.9. The molecular formula is C7H7BrO4S. The second-order valence-electron chi connectivity index (χ2n) is 2.57. The predicted molar refractivity (Wildman–Crippen MR) is 50.4 cm³/mol. The number of phenolic OH excluding ortho intramolecular Hbond substituents is 1. The molecule has 6 heteroatoms. The van der Waals surface area contributed by atoms with Crippen LogP contribution >= 0.6 is 15.9 Å². The van der Waals surface area contributed by atoms with Crippen LogP contribution in [0, 0.1) is 6.92 Å². The van der Waals surface area contributed by atoms with Crippen molar-refractivity contribution < 1.29 is 18.1 Å². The van der Waals surface area contributed by atoms with E-state index in [1.54, 1.807) is 13.0 Å². The summed E-state index contributed by atoms with van der Waals surface area (Å²) in [4.78, 5) is -0.487. The van der Waals surface area contributed by atoms with E-state index in [2.05, 4.69) is 15.9 Å². The average Bonchev–Trinajstić information content (AvgIpc) is 1.94. The van der Waals surface area contributed by atoms with Crippen LogP contribution in [-0.2, 0) is 10.1 Å². The zero-order valence-electron chi connectivity index (χ0n) is 6.65. The Bertz CT molecular complexity index is 438. The minimum atomic E-state index is -4.36. The first-order chi connectivity index (χ1) is 5.82. The molecule has 1 aromatic carbocycles. The van der Waals surface area contributed by atoms with Gasteiger partial charge in [-0.2, -0.15) is 8.42 Å². The molecule has 0 fully saturated rings. The molecule has 0 aliphatic rings. The Morgan fingerprint density at radius 2 is 1.92 bits per heavy atom.